The number of rotatable bonds is 4. The lowest BCUT2D eigenvalue weighted by Crippen LogP contribution is -2.05. The van der Waals surface area contributed by atoms with E-state index in [0.29, 0.717) is 26.9 Å². The minimum absolute atomic E-state index is 0.176. The van der Waals surface area contributed by atoms with Crippen molar-refractivity contribution in [3.05, 3.63) is 75.2 Å². The van der Waals surface area contributed by atoms with Crippen molar-refractivity contribution in [2.45, 2.75) is 4.90 Å². The Hall–Kier alpha value is -2.54. The van der Waals surface area contributed by atoms with Crippen molar-refractivity contribution < 1.29 is 4.42 Å². The quantitative estimate of drug-likeness (QED) is 0.399. The average Bonchev–Trinajstić information content (AvgIpc) is 2.68. The summed E-state index contributed by atoms with van der Waals surface area (Å²) in [5.41, 5.74) is 1.14. The van der Waals surface area contributed by atoms with Gasteiger partial charge in [0.1, 0.15) is 0 Å². The molecule has 0 unspecified atom stereocenters. The number of fused-ring (bicyclic) bond motifs is 1. The van der Waals surface area contributed by atoms with Crippen LogP contribution in [0, 0.1) is 0 Å². The molecule has 4 rings (SSSR count). The fraction of sp³-hybridized carbons (Fsp3) is 0.0500. The summed E-state index contributed by atoms with van der Waals surface area (Å²) in [5, 5.41) is 4.41. The van der Waals surface area contributed by atoms with Crippen LogP contribution in [0.1, 0.15) is 0 Å². The van der Waals surface area contributed by atoms with E-state index in [2.05, 4.69) is 15.3 Å². The number of aromatic nitrogens is 2. The molecule has 0 saturated carbocycles. The molecule has 0 amide bonds. The van der Waals surface area contributed by atoms with Gasteiger partial charge in [-0.05, 0) is 42.7 Å². The Labute approximate surface area is 174 Å². The first-order chi connectivity index (χ1) is 13.5. The number of hydrogen-bond acceptors (Lipinski definition) is 6. The number of thioether (sulfide) groups is 1. The summed E-state index contributed by atoms with van der Waals surface area (Å²) in [6.07, 6.45) is 3.59. The van der Waals surface area contributed by atoms with Gasteiger partial charge in [-0.3, -0.25) is 0 Å². The maximum Gasteiger partial charge on any atom is 0.345 e. The van der Waals surface area contributed by atoms with Crippen molar-refractivity contribution >= 4 is 57.7 Å². The van der Waals surface area contributed by atoms with Gasteiger partial charge in [-0.1, -0.05) is 35.3 Å². The van der Waals surface area contributed by atoms with Gasteiger partial charge < -0.3 is 9.73 Å². The largest absolute Gasteiger partial charge is 0.403 e. The highest BCUT2D eigenvalue weighted by Crippen LogP contribution is 2.33. The molecule has 0 aliphatic carbocycles. The maximum absolute atomic E-state index is 12.5. The third-order valence-electron chi connectivity index (χ3n) is 4.05. The summed E-state index contributed by atoms with van der Waals surface area (Å²) >= 11 is 14.1. The Bertz CT molecular complexity index is 1220. The predicted octanol–water partition coefficient (Wildman–Crippen LogP) is 6.02. The molecule has 5 nitrogen and oxygen atoms in total. The predicted molar refractivity (Wildman–Crippen MR) is 115 cm³/mol. The van der Waals surface area contributed by atoms with Crippen LogP contribution in [0.4, 0.5) is 11.6 Å². The number of hydrogen-bond donors (Lipinski definition) is 1. The molecule has 0 saturated heterocycles. The topological polar surface area (TPSA) is 68.0 Å². The zero-order valence-corrected chi connectivity index (χ0v) is 16.9. The third-order valence-corrected chi connectivity index (χ3v) is 5.40. The monoisotopic (exact) mass is 429 g/mol. The van der Waals surface area contributed by atoms with Gasteiger partial charge in [0.25, 0.3) is 0 Å². The van der Waals surface area contributed by atoms with Crippen LogP contribution >= 0.6 is 35.0 Å². The van der Waals surface area contributed by atoms with Crippen molar-refractivity contribution in [3.63, 3.8) is 0 Å². The molecular weight excluding hydrogens is 417 g/mol. The summed E-state index contributed by atoms with van der Waals surface area (Å²) < 4.78 is 5.41. The van der Waals surface area contributed by atoms with E-state index in [9.17, 15) is 4.79 Å². The second-order valence-electron chi connectivity index (χ2n) is 5.86. The minimum atomic E-state index is -0.573. The Morgan fingerprint density at radius 3 is 2.57 bits per heavy atom. The molecule has 2 aromatic heterocycles. The first-order valence-electron chi connectivity index (χ1n) is 8.21. The van der Waals surface area contributed by atoms with Gasteiger partial charge >= 0.3 is 5.63 Å². The number of nitrogens with one attached hydrogen (secondary N) is 1. The molecule has 1 N–H and O–H groups in total. The molecule has 140 valence electrons. The van der Waals surface area contributed by atoms with Crippen LogP contribution in [-0.2, 0) is 0 Å². The lowest BCUT2D eigenvalue weighted by molar-refractivity contribution is 0.551. The third kappa shape index (κ3) is 3.71. The van der Waals surface area contributed by atoms with E-state index in [4.69, 9.17) is 27.6 Å². The highest BCUT2D eigenvalue weighted by Gasteiger charge is 2.15. The molecule has 0 aliphatic heterocycles. The summed E-state index contributed by atoms with van der Waals surface area (Å²) in [7, 11) is 0. The van der Waals surface area contributed by atoms with Crippen LogP contribution in [0.15, 0.2) is 68.8 Å². The Kier molecular flexibility index (Phi) is 5.26. The Balaban J connectivity index is 1.75. The highest BCUT2D eigenvalue weighted by molar-refractivity contribution is 7.98. The van der Waals surface area contributed by atoms with E-state index in [1.165, 1.54) is 0 Å². The first kappa shape index (κ1) is 18.8. The van der Waals surface area contributed by atoms with Gasteiger partial charge in [0, 0.05) is 22.3 Å². The van der Waals surface area contributed by atoms with Gasteiger partial charge in [0.05, 0.1) is 21.0 Å². The molecular formula is C20H13Cl2N3O2S. The second-order valence-corrected chi connectivity index (χ2v) is 7.55. The molecule has 0 bridgehead atoms. The highest BCUT2D eigenvalue weighted by atomic mass is 35.5. The van der Waals surface area contributed by atoms with Gasteiger partial charge in [0.2, 0.25) is 11.7 Å². The Morgan fingerprint density at radius 1 is 1.07 bits per heavy atom. The molecule has 0 fully saturated rings. The van der Waals surface area contributed by atoms with E-state index in [-0.39, 0.29) is 11.3 Å². The van der Waals surface area contributed by atoms with Crippen LogP contribution in [0.3, 0.4) is 0 Å². The van der Waals surface area contributed by atoms with E-state index in [1.807, 2.05) is 30.5 Å². The first-order valence-corrected chi connectivity index (χ1v) is 10.2. The Morgan fingerprint density at radius 2 is 1.82 bits per heavy atom. The lowest BCUT2D eigenvalue weighted by atomic mass is 10.1. The van der Waals surface area contributed by atoms with Gasteiger partial charge in [-0.2, -0.15) is 4.98 Å². The van der Waals surface area contributed by atoms with Crippen molar-refractivity contribution in [2.24, 2.45) is 0 Å². The fourth-order valence-corrected chi connectivity index (χ4v) is 3.79. The van der Waals surface area contributed by atoms with Gasteiger partial charge in [-0.25, -0.2) is 9.78 Å². The van der Waals surface area contributed by atoms with Crippen LogP contribution in [-0.4, -0.2) is 16.2 Å². The molecule has 0 atom stereocenters. The summed E-state index contributed by atoms with van der Waals surface area (Å²) in [6.45, 7) is 0. The van der Waals surface area contributed by atoms with Gasteiger partial charge in [0.15, 0.2) is 0 Å². The van der Waals surface area contributed by atoms with Crippen molar-refractivity contribution in [1.82, 2.24) is 9.97 Å². The minimum Gasteiger partial charge on any atom is -0.403 e. The number of anilines is 2. The van der Waals surface area contributed by atoms with Crippen molar-refractivity contribution in [2.75, 3.05) is 11.6 Å². The van der Waals surface area contributed by atoms with E-state index >= 15 is 0 Å². The summed E-state index contributed by atoms with van der Waals surface area (Å²) in [5.74, 6) is 0.331. The SMILES string of the molecule is CSc1cccc(Nc2ncc3cc(-c4c(Cl)cccc4Cl)c(=O)oc3n2)c1. The van der Waals surface area contributed by atoms with Crippen molar-refractivity contribution in [1.29, 1.82) is 0 Å². The fourth-order valence-electron chi connectivity index (χ4n) is 2.73. The molecule has 4 aromatic rings. The van der Waals surface area contributed by atoms with Crippen LogP contribution in [0.5, 0.6) is 0 Å². The summed E-state index contributed by atoms with van der Waals surface area (Å²) in [6, 6.07) is 14.5. The van der Waals surface area contributed by atoms with Crippen LogP contribution < -0.4 is 10.9 Å². The maximum atomic E-state index is 12.5. The zero-order valence-electron chi connectivity index (χ0n) is 14.6. The normalized spacial score (nSPS) is 11.0. The average molecular weight is 430 g/mol. The van der Waals surface area contributed by atoms with Crippen molar-refractivity contribution in [3.8, 4) is 11.1 Å². The van der Waals surface area contributed by atoms with E-state index in [1.54, 1.807) is 42.2 Å². The molecule has 8 heteroatoms. The molecule has 28 heavy (non-hydrogen) atoms. The number of nitrogens with zero attached hydrogens (tertiary/aromatic N) is 2. The number of halogens is 2. The number of benzene rings is 2. The molecule has 2 heterocycles. The van der Waals surface area contributed by atoms with E-state index in [0.717, 1.165) is 10.6 Å². The molecule has 0 radical (unpaired) electrons. The second kappa shape index (κ2) is 7.83. The molecule has 0 aliphatic rings. The zero-order chi connectivity index (χ0) is 19.7. The standard InChI is InChI=1S/C20H13Cl2N3O2S/c1-28-13-5-2-4-12(9-13)24-20-23-10-11-8-14(19(26)27-18(11)25-20)17-15(21)6-3-7-16(17)22/h2-10H,1H3,(H,23,24,25). The van der Waals surface area contributed by atoms with E-state index < -0.39 is 5.63 Å². The molecule has 2 aromatic carbocycles. The lowest BCUT2D eigenvalue weighted by Gasteiger charge is -2.08. The van der Waals surface area contributed by atoms with Crippen LogP contribution in [0.25, 0.3) is 22.2 Å². The smallest absolute Gasteiger partial charge is 0.345 e. The van der Waals surface area contributed by atoms with Crippen LogP contribution in [0.2, 0.25) is 10.0 Å². The summed E-state index contributed by atoms with van der Waals surface area (Å²) in [4.78, 5) is 22.2. The van der Waals surface area contributed by atoms with Gasteiger partial charge in [-0.15, -0.1) is 11.8 Å². The molecule has 0 spiro atoms.